The van der Waals surface area contributed by atoms with Crippen LogP contribution in [0.3, 0.4) is 0 Å². The minimum absolute atomic E-state index is 0.114. The smallest absolute Gasteiger partial charge is 0.00489 e. The molecule has 0 fully saturated rings. The zero-order valence-electron chi connectivity index (χ0n) is 9.98. The van der Waals surface area contributed by atoms with Crippen LogP contribution in [0.5, 0.6) is 0 Å². The summed E-state index contributed by atoms with van der Waals surface area (Å²) in [6.45, 7) is 15.2. The van der Waals surface area contributed by atoms with E-state index in [-0.39, 0.29) is 5.41 Å². The fourth-order valence-electron chi connectivity index (χ4n) is 1.64. The Morgan fingerprint density at radius 3 is 1.92 bits per heavy atom. The SMILES string of the molecule is [CH2]C(C)(C)CC(N)CC(C)(C)CC. The maximum Gasteiger partial charge on any atom is 0.00489 e. The molecule has 1 radical (unpaired) electrons. The van der Waals surface area contributed by atoms with Gasteiger partial charge in [-0.25, -0.2) is 0 Å². The van der Waals surface area contributed by atoms with Gasteiger partial charge in [-0.05, 0) is 30.6 Å². The van der Waals surface area contributed by atoms with Crippen LogP contribution in [0.1, 0.15) is 53.9 Å². The van der Waals surface area contributed by atoms with Crippen LogP contribution >= 0.6 is 0 Å². The Bertz CT molecular complexity index is 142. The van der Waals surface area contributed by atoms with E-state index in [2.05, 4.69) is 41.5 Å². The summed E-state index contributed by atoms with van der Waals surface area (Å²) in [5, 5.41) is 0. The first kappa shape index (κ1) is 13.0. The van der Waals surface area contributed by atoms with Crippen LogP contribution in [0.2, 0.25) is 0 Å². The highest BCUT2D eigenvalue weighted by Crippen LogP contribution is 2.29. The van der Waals surface area contributed by atoms with Crippen molar-refractivity contribution in [2.45, 2.75) is 59.9 Å². The van der Waals surface area contributed by atoms with Gasteiger partial charge in [0.1, 0.15) is 0 Å². The minimum atomic E-state index is 0.114. The molecule has 1 unspecified atom stereocenters. The third-order valence-corrected chi connectivity index (χ3v) is 2.59. The highest BCUT2D eigenvalue weighted by molar-refractivity contribution is 4.81. The van der Waals surface area contributed by atoms with E-state index in [1.54, 1.807) is 0 Å². The van der Waals surface area contributed by atoms with E-state index < -0.39 is 0 Å². The molecule has 0 aliphatic heterocycles. The number of rotatable bonds is 5. The molecule has 0 aromatic carbocycles. The fraction of sp³-hybridized carbons (Fsp3) is 0.917. The monoisotopic (exact) mass is 184 g/mol. The van der Waals surface area contributed by atoms with E-state index in [4.69, 9.17) is 5.73 Å². The first-order chi connectivity index (χ1) is 5.66. The van der Waals surface area contributed by atoms with Gasteiger partial charge in [-0.1, -0.05) is 41.0 Å². The van der Waals surface area contributed by atoms with E-state index in [0.29, 0.717) is 11.5 Å². The molecule has 1 atom stereocenters. The first-order valence-electron chi connectivity index (χ1n) is 5.27. The third kappa shape index (κ3) is 7.06. The quantitative estimate of drug-likeness (QED) is 0.696. The summed E-state index contributed by atoms with van der Waals surface area (Å²) in [6, 6.07) is 0.294. The van der Waals surface area contributed by atoms with Crippen molar-refractivity contribution in [3.8, 4) is 0 Å². The number of nitrogens with two attached hydrogens (primary N) is 1. The fourth-order valence-corrected chi connectivity index (χ4v) is 1.64. The normalized spacial score (nSPS) is 15.9. The van der Waals surface area contributed by atoms with Gasteiger partial charge in [0, 0.05) is 6.04 Å². The molecule has 79 valence electrons. The molecule has 0 heterocycles. The van der Waals surface area contributed by atoms with Crippen LogP contribution in [0, 0.1) is 17.8 Å². The molecular formula is C12H26N. The minimum Gasteiger partial charge on any atom is -0.328 e. The molecule has 0 saturated heterocycles. The standard InChI is InChI=1S/C12H26N/c1-7-12(5,6)9-10(13)8-11(2,3)4/h10H,2,7-9,13H2,1,3-6H3. The molecule has 0 aromatic rings. The lowest BCUT2D eigenvalue weighted by molar-refractivity contribution is 0.258. The summed E-state index contributed by atoms with van der Waals surface area (Å²) in [4.78, 5) is 0. The lowest BCUT2D eigenvalue weighted by Gasteiger charge is -2.30. The average molecular weight is 184 g/mol. The van der Waals surface area contributed by atoms with Gasteiger partial charge in [-0.2, -0.15) is 0 Å². The van der Waals surface area contributed by atoms with Gasteiger partial charge in [0.25, 0.3) is 0 Å². The van der Waals surface area contributed by atoms with Crippen molar-refractivity contribution < 1.29 is 0 Å². The van der Waals surface area contributed by atoms with Gasteiger partial charge in [-0.3, -0.25) is 0 Å². The molecule has 1 heteroatoms. The van der Waals surface area contributed by atoms with Crippen molar-refractivity contribution in [2.75, 3.05) is 0 Å². The Hall–Kier alpha value is -0.0400. The van der Waals surface area contributed by atoms with Gasteiger partial charge in [-0.15, -0.1) is 0 Å². The predicted molar refractivity (Wildman–Crippen MR) is 60.4 cm³/mol. The molecule has 1 nitrogen and oxygen atoms in total. The van der Waals surface area contributed by atoms with E-state index >= 15 is 0 Å². The van der Waals surface area contributed by atoms with Crippen LogP contribution < -0.4 is 5.73 Å². The van der Waals surface area contributed by atoms with Crippen molar-refractivity contribution in [3.05, 3.63) is 6.92 Å². The third-order valence-electron chi connectivity index (χ3n) is 2.59. The van der Waals surface area contributed by atoms with Gasteiger partial charge < -0.3 is 5.73 Å². The largest absolute Gasteiger partial charge is 0.328 e. The molecule has 0 aliphatic carbocycles. The number of hydrogen-bond donors (Lipinski definition) is 1. The van der Waals surface area contributed by atoms with Crippen LogP contribution in [-0.4, -0.2) is 6.04 Å². The topological polar surface area (TPSA) is 26.0 Å². The summed E-state index contributed by atoms with van der Waals surface area (Å²) >= 11 is 0. The average Bonchev–Trinajstić information content (AvgIpc) is 1.81. The van der Waals surface area contributed by atoms with E-state index in [1.807, 2.05) is 0 Å². The summed E-state index contributed by atoms with van der Waals surface area (Å²) < 4.78 is 0. The Balaban J connectivity index is 3.94. The lowest BCUT2D eigenvalue weighted by atomic mass is 9.78. The first-order valence-corrected chi connectivity index (χ1v) is 5.27. The van der Waals surface area contributed by atoms with Crippen molar-refractivity contribution in [2.24, 2.45) is 16.6 Å². The Morgan fingerprint density at radius 1 is 1.15 bits per heavy atom. The Labute approximate surface area is 84.1 Å². The maximum absolute atomic E-state index is 6.08. The van der Waals surface area contributed by atoms with E-state index in [1.165, 1.54) is 6.42 Å². The Morgan fingerprint density at radius 2 is 1.62 bits per heavy atom. The van der Waals surface area contributed by atoms with E-state index in [9.17, 15) is 0 Å². The maximum atomic E-state index is 6.08. The van der Waals surface area contributed by atoms with Gasteiger partial charge in [0.15, 0.2) is 0 Å². The van der Waals surface area contributed by atoms with Crippen molar-refractivity contribution in [3.63, 3.8) is 0 Å². The molecule has 0 aromatic heterocycles. The molecule has 0 spiro atoms. The van der Waals surface area contributed by atoms with Gasteiger partial charge in [0.05, 0.1) is 0 Å². The zero-order chi connectivity index (χ0) is 10.7. The van der Waals surface area contributed by atoms with Crippen LogP contribution in [0.4, 0.5) is 0 Å². The highest BCUT2D eigenvalue weighted by atomic mass is 14.6. The van der Waals surface area contributed by atoms with Crippen molar-refractivity contribution in [1.29, 1.82) is 0 Å². The van der Waals surface area contributed by atoms with Gasteiger partial charge >= 0.3 is 0 Å². The second-order valence-corrected chi connectivity index (χ2v) is 5.85. The molecule has 0 saturated carbocycles. The van der Waals surface area contributed by atoms with Crippen molar-refractivity contribution >= 4 is 0 Å². The lowest BCUT2D eigenvalue weighted by Crippen LogP contribution is -2.31. The molecule has 2 N–H and O–H groups in total. The highest BCUT2D eigenvalue weighted by Gasteiger charge is 2.22. The van der Waals surface area contributed by atoms with Crippen LogP contribution in [0.15, 0.2) is 0 Å². The predicted octanol–water partition coefficient (Wildman–Crippen LogP) is 3.39. The molecule has 0 bridgehead atoms. The summed E-state index contributed by atoms with van der Waals surface area (Å²) in [7, 11) is 0. The molecular weight excluding hydrogens is 158 g/mol. The van der Waals surface area contributed by atoms with Gasteiger partial charge in [0.2, 0.25) is 0 Å². The summed E-state index contributed by atoms with van der Waals surface area (Å²) in [5.74, 6) is 0. The zero-order valence-corrected chi connectivity index (χ0v) is 9.98. The van der Waals surface area contributed by atoms with E-state index in [0.717, 1.165) is 12.8 Å². The molecule has 0 rings (SSSR count). The molecule has 0 aliphatic rings. The van der Waals surface area contributed by atoms with Crippen molar-refractivity contribution in [1.82, 2.24) is 0 Å². The van der Waals surface area contributed by atoms with Crippen LogP contribution in [0.25, 0.3) is 0 Å². The second kappa shape index (κ2) is 4.45. The second-order valence-electron chi connectivity index (χ2n) is 5.85. The molecule has 0 amide bonds. The number of hydrogen-bond acceptors (Lipinski definition) is 1. The van der Waals surface area contributed by atoms with Crippen LogP contribution in [-0.2, 0) is 0 Å². The molecule has 13 heavy (non-hydrogen) atoms. The Kier molecular flexibility index (Phi) is 4.44. The summed E-state index contributed by atoms with van der Waals surface area (Å²) in [5.41, 5.74) is 6.58. The summed E-state index contributed by atoms with van der Waals surface area (Å²) in [6.07, 6.45) is 3.30.